The molecule has 1 unspecified atom stereocenters. The Balaban J connectivity index is 2.27. The summed E-state index contributed by atoms with van der Waals surface area (Å²) in [6, 6.07) is 6.29. The Morgan fingerprint density at radius 1 is 1.38 bits per heavy atom. The number of nitrogens with one attached hydrogen (secondary N) is 2. The zero-order valence-corrected chi connectivity index (χ0v) is 8.56. The van der Waals surface area contributed by atoms with E-state index in [1.54, 1.807) is 24.3 Å². The highest BCUT2D eigenvalue weighted by Gasteiger charge is 2.27. The van der Waals surface area contributed by atoms with Crippen LogP contribution in [-0.2, 0) is 16.2 Å². The van der Waals surface area contributed by atoms with Crippen LogP contribution in [-0.4, -0.2) is 23.5 Å². The van der Waals surface area contributed by atoms with Gasteiger partial charge in [-0.3, -0.25) is 9.59 Å². The van der Waals surface area contributed by atoms with Gasteiger partial charge < -0.3 is 15.7 Å². The van der Waals surface area contributed by atoms with Crippen molar-refractivity contribution in [1.82, 2.24) is 10.6 Å². The van der Waals surface area contributed by atoms with Crippen LogP contribution in [0, 0.1) is 0 Å². The second-order valence-corrected chi connectivity index (χ2v) is 3.62. The number of aliphatic hydroxyl groups is 1. The van der Waals surface area contributed by atoms with E-state index in [9.17, 15) is 9.59 Å². The van der Waals surface area contributed by atoms with Crippen LogP contribution in [0.4, 0.5) is 0 Å². The molecule has 0 radical (unpaired) electrons. The Bertz CT molecular complexity index is 431. The first-order valence-corrected chi connectivity index (χ1v) is 4.97. The van der Waals surface area contributed by atoms with E-state index in [2.05, 4.69) is 10.6 Å². The molecule has 1 aliphatic rings. The van der Waals surface area contributed by atoms with Crippen molar-refractivity contribution in [2.45, 2.75) is 12.6 Å². The van der Waals surface area contributed by atoms with Crippen molar-refractivity contribution in [3.63, 3.8) is 0 Å². The van der Waals surface area contributed by atoms with Crippen molar-refractivity contribution in [1.29, 1.82) is 0 Å². The molecular weight excluding hydrogens is 208 g/mol. The molecule has 3 N–H and O–H groups in total. The van der Waals surface area contributed by atoms with E-state index < -0.39 is 6.04 Å². The third kappa shape index (κ3) is 2.04. The fourth-order valence-electron chi connectivity index (χ4n) is 1.65. The van der Waals surface area contributed by atoms with Crippen LogP contribution < -0.4 is 10.6 Å². The number of hydrogen-bond donors (Lipinski definition) is 3. The molecule has 1 atom stereocenters. The molecule has 1 aromatic rings. The molecule has 1 saturated heterocycles. The molecule has 2 rings (SSSR count). The van der Waals surface area contributed by atoms with Gasteiger partial charge in [-0.1, -0.05) is 24.3 Å². The first-order chi connectivity index (χ1) is 7.70. The van der Waals surface area contributed by atoms with Crippen molar-refractivity contribution in [3.05, 3.63) is 35.4 Å². The van der Waals surface area contributed by atoms with Gasteiger partial charge in [0.05, 0.1) is 13.2 Å². The lowest BCUT2D eigenvalue weighted by atomic mass is 10.0. The molecule has 0 aliphatic carbocycles. The second-order valence-electron chi connectivity index (χ2n) is 3.62. The predicted octanol–water partition coefficient (Wildman–Crippen LogP) is -0.534. The van der Waals surface area contributed by atoms with Crippen molar-refractivity contribution in [2.75, 3.05) is 6.54 Å². The maximum atomic E-state index is 11.6. The minimum Gasteiger partial charge on any atom is -0.392 e. The summed E-state index contributed by atoms with van der Waals surface area (Å²) in [4.78, 5) is 22.7. The van der Waals surface area contributed by atoms with Crippen LogP contribution in [0.25, 0.3) is 0 Å². The van der Waals surface area contributed by atoms with Crippen LogP contribution in [0.1, 0.15) is 17.2 Å². The fraction of sp³-hybridized carbons (Fsp3) is 0.273. The zero-order valence-electron chi connectivity index (χ0n) is 8.56. The Hall–Kier alpha value is -1.88. The number of hydrogen-bond acceptors (Lipinski definition) is 3. The van der Waals surface area contributed by atoms with E-state index in [1.165, 1.54) is 0 Å². The normalized spacial score (nSPS) is 20.2. The van der Waals surface area contributed by atoms with Gasteiger partial charge in [0.15, 0.2) is 0 Å². The number of benzene rings is 1. The quantitative estimate of drug-likeness (QED) is 0.626. The van der Waals surface area contributed by atoms with Gasteiger partial charge in [-0.2, -0.15) is 0 Å². The number of rotatable bonds is 2. The highest BCUT2D eigenvalue weighted by atomic mass is 16.3. The van der Waals surface area contributed by atoms with E-state index in [0.29, 0.717) is 11.1 Å². The molecule has 1 aromatic carbocycles. The molecular formula is C11H12N2O3. The molecule has 0 bridgehead atoms. The first-order valence-electron chi connectivity index (χ1n) is 4.97. The average Bonchev–Trinajstić information content (AvgIpc) is 2.32. The maximum absolute atomic E-state index is 11.6. The van der Waals surface area contributed by atoms with Crippen LogP contribution in [0.5, 0.6) is 0 Å². The van der Waals surface area contributed by atoms with Gasteiger partial charge in [-0.15, -0.1) is 0 Å². The third-order valence-electron chi connectivity index (χ3n) is 2.46. The summed E-state index contributed by atoms with van der Waals surface area (Å²) in [6.07, 6.45) is 0. The lowest BCUT2D eigenvalue weighted by Crippen LogP contribution is -2.50. The Morgan fingerprint density at radius 3 is 2.94 bits per heavy atom. The molecule has 0 spiro atoms. The van der Waals surface area contributed by atoms with E-state index in [-0.39, 0.29) is 25.0 Å². The van der Waals surface area contributed by atoms with Gasteiger partial charge >= 0.3 is 0 Å². The number of piperazine rings is 1. The van der Waals surface area contributed by atoms with Gasteiger partial charge in [0.25, 0.3) is 0 Å². The zero-order chi connectivity index (χ0) is 11.5. The summed E-state index contributed by atoms with van der Waals surface area (Å²) in [6.45, 7) is -0.0643. The predicted molar refractivity (Wildman–Crippen MR) is 56.3 cm³/mol. The molecule has 16 heavy (non-hydrogen) atoms. The van der Waals surface area contributed by atoms with Gasteiger partial charge in [-0.05, 0) is 11.1 Å². The highest BCUT2D eigenvalue weighted by molar-refractivity contribution is 5.95. The number of aliphatic hydroxyl groups excluding tert-OH is 1. The van der Waals surface area contributed by atoms with E-state index in [4.69, 9.17) is 5.11 Å². The third-order valence-corrected chi connectivity index (χ3v) is 2.46. The van der Waals surface area contributed by atoms with Crippen molar-refractivity contribution in [3.8, 4) is 0 Å². The number of carbonyl (C=O) groups is 2. The molecule has 1 fully saturated rings. The maximum Gasteiger partial charge on any atom is 0.247 e. The summed E-state index contributed by atoms with van der Waals surface area (Å²) < 4.78 is 0. The smallest absolute Gasteiger partial charge is 0.247 e. The summed E-state index contributed by atoms with van der Waals surface area (Å²) >= 11 is 0. The molecule has 1 aliphatic heterocycles. The second kappa shape index (κ2) is 4.32. The lowest BCUT2D eigenvalue weighted by molar-refractivity contribution is -0.133. The van der Waals surface area contributed by atoms with Gasteiger partial charge in [-0.25, -0.2) is 0 Å². The van der Waals surface area contributed by atoms with Crippen LogP contribution in [0.3, 0.4) is 0 Å². The van der Waals surface area contributed by atoms with E-state index in [1.807, 2.05) is 0 Å². The molecule has 1 heterocycles. The minimum atomic E-state index is -0.659. The number of amides is 2. The van der Waals surface area contributed by atoms with Crippen molar-refractivity contribution < 1.29 is 14.7 Å². The molecule has 5 heteroatoms. The lowest BCUT2D eigenvalue weighted by Gasteiger charge is -2.23. The summed E-state index contributed by atoms with van der Waals surface area (Å²) in [7, 11) is 0. The summed E-state index contributed by atoms with van der Waals surface area (Å²) in [5, 5.41) is 14.1. The minimum absolute atomic E-state index is 0.0228. The molecule has 2 amide bonds. The monoisotopic (exact) mass is 220 g/mol. The number of carbonyl (C=O) groups excluding carboxylic acids is 2. The average molecular weight is 220 g/mol. The Morgan fingerprint density at radius 2 is 2.19 bits per heavy atom. The van der Waals surface area contributed by atoms with Gasteiger partial charge in [0.1, 0.15) is 6.04 Å². The van der Waals surface area contributed by atoms with E-state index >= 15 is 0 Å². The summed E-state index contributed by atoms with van der Waals surface area (Å²) in [5.74, 6) is -0.436. The Kier molecular flexibility index (Phi) is 2.87. The van der Waals surface area contributed by atoms with Gasteiger partial charge in [0.2, 0.25) is 11.8 Å². The van der Waals surface area contributed by atoms with Crippen molar-refractivity contribution in [2.24, 2.45) is 0 Å². The summed E-state index contributed by atoms with van der Waals surface area (Å²) in [5.41, 5.74) is 1.39. The molecule has 84 valence electrons. The van der Waals surface area contributed by atoms with E-state index in [0.717, 1.165) is 0 Å². The van der Waals surface area contributed by atoms with Crippen molar-refractivity contribution >= 4 is 11.8 Å². The van der Waals surface area contributed by atoms with Gasteiger partial charge in [0, 0.05) is 0 Å². The van der Waals surface area contributed by atoms with Crippen LogP contribution in [0.2, 0.25) is 0 Å². The fourth-order valence-corrected chi connectivity index (χ4v) is 1.65. The standard InChI is InChI=1S/C11H12N2O3/c14-6-7-2-1-3-8(4-7)10-11(16)12-5-9(15)13-10/h1-4,10,14H,5-6H2,(H,12,16)(H,13,15). The van der Waals surface area contributed by atoms with Crippen LogP contribution >= 0.6 is 0 Å². The molecule has 0 saturated carbocycles. The SMILES string of the molecule is O=C1CNC(=O)C(c2cccc(CO)c2)N1. The largest absolute Gasteiger partial charge is 0.392 e. The Labute approximate surface area is 92.5 Å². The first kappa shape index (κ1) is 10.6. The van der Waals surface area contributed by atoms with Crippen LogP contribution in [0.15, 0.2) is 24.3 Å². The topological polar surface area (TPSA) is 78.4 Å². The molecule has 0 aromatic heterocycles. The molecule has 5 nitrogen and oxygen atoms in total. The highest BCUT2D eigenvalue weighted by Crippen LogP contribution is 2.16.